The van der Waals surface area contributed by atoms with Crippen molar-refractivity contribution in [3.05, 3.63) is 45.0 Å². The fourth-order valence-electron chi connectivity index (χ4n) is 5.05. The predicted molar refractivity (Wildman–Crippen MR) is 119 cm³/mol. The third-order valence-electron chi connectivity index (χ3n) is 6.47. The van der Waals surface area contributed by atoms with E-state index in [4.69, 9.17) is 9.15 Å². The van der Waals surface area contributed by atoms with Gasteiger partial charge in [0.25, 0.3) is 10.2 Å². The molecule has 0 bridgehead atoms. The molecular weight excluding hydrogens is 455 g/mol. The van der Waals surface area contributed by atoms with E-state index in [1.165, 1.54) is 17.4 Å². The van der Waals surface area contributed by atoms with Gasteiger partial charge in [0.05, 0.1) is 11.7 Å². The van der Waals surface area contributed by atoms with E-state index in [1.807, 2.05) is 0 Å². The van der Waals surface area contributed by atoms with Crippen molar-refractivity contribution in [2.24, 2.45) is 0 Å². The summed E-state index contributed by atoms with van der Waals surface area (Å²) in [5.41, 5.74) is 6.06. The zero-order chi connectivity index (χ0) is 22.3. The number of benzene rings is 1. The third-order valence-corrected chi connectivity index (χ3v) is 7.82. The van der Waals surface area contributed by atoms with Crippen molar-refractivity contribution in [3.8, 4) is 0 Å². The van der Waals surface area contributed by atoms with E-state index < -0.39 is 22.3 Å². The van der Waals surface area contributed by atoms with Gasteiger partial charge in [0.2, 0.25) is 0 Å². The number of fused-ring (bicyclic) bond motifs is 2. The van der Waals surface area contributed by atoms with Crippen LogP contribution >= 0.6 is 0 Å². The monoisotopic (exact) mass is 482 g/mol. The molecule has 2 aliphatic carbocycles. The van der Waals surface area contributed by atoms with Gasteiger partial charge in [-0.25, -0.2) is 12.7 Å². The molecular formula is C22H27N4NaO5S. The summed E-state index contributed by atoms with van der Waals surface area (Å²) in [7, 11) is -4.37. The number of aromatic nitrogens is 1. The maximum absolute atomic E-state index is 13.3. The molecule has 0 spiro atoms. The van der Waals surface area contributed by atoms with E-state index in [9.17, 15) is 13.2 Å². The van der Waals surface area contributed by atoms with E-state index >= 15 is 0 Å². The summed E-state index contributed by atoms with van der Waals surface area (Å²) in [5.74, 6) is 0. The molecule has 2 amide bonds. The normalized spacial score (nSPS) is 17.7. The maximum Gasteiger partial charge on any atom is 1.00 e. The Kier molecular flexibility index (Phi) is 7.40. The molecule has 1 N–H and O–H groups in total. The minimum absolute atomic E-state index is 0. The Morgan fingerprint density at radius 2 is 1.76 bits per heavy atom. The molecule has 33 heavy (non-hydrogen) atoms. The summed E-state index contributed by atoms with van der Waals surface area (Å²) in [5, 5.41) is 2.83. The molecule has 0 atom stereocenters. The number of nitrogens with one attached hydrogen (secondary N) is 1. The first kappa shape index (κ1) is 24.5. The molecule has 2 aromatic rings. The number of aryl methyl sites for hydroxylation is 3. The first-order chi connectivity index (χ1) is 15.4. The quantitative estimate of drug-likeness (QED) is 0.631. The van der Waals surface area contributed by atoms with Gasteiger partial charge < -0.3 is 19.2 Å². The van der Waals surface area contributed by atoms with Crippen molar-refractivity contribution in [3.63, 3.8) is 0 Å². The standard InChI is InChI=1S/C22H28N4O5S.Na/c1-14-13-31-22(23-14)26(17-8-10-30-11-9-17)32(28,29)25-21(27)24-20-18-6-2-4-15(18)12-16-5-3-7-19(16)20;/h12-13,17H,2-11H2,1H3,(H2,24,25,27);/q;+1/p-1. The molecule has 1 aliphatic heterocycles. The first-order valence-corrected chi connectivity index (χ1v) is 12.6. The molecule has 0 unspecified atom stereocenters. The van der Waals surface area contributed by atoms with Gasteiger partial charge in [0.1, 0.15) is 6.26 Å². The summed E-state index contributed by atoms with van der Waals surface area (Å²) in [6.07, 6.45) is 8.14. The van der Waals surface area contributed by atoms with Gasteiger partial charge >= 0.3 is 35.6 Å². The Bertz CT molecular complexity index is 1110. The summed E-state index contributed by atoms with van der Waals surface area (Å²) in [6, 6.07) is 0.854. The summed E-state index contributed by atoms with van der Waals surface area (Å²) >= 11 is 0. The fourth-order valence-corrected chi connectivity index (χ4v) is 6.26. The van der Waals surface area contributed by atoms with Crippen LogP contribution in [0.2, 0.25) is 0 Å². The number of rotatable bonds is 5. The zero-order valence-electron chi connectivity index (χ0n) is 19.1. The maximum atomic E-state index is 13.3. The van der Waals surface area contributed by atoms with Crippen LogP contribution in [-0.4, -0.2) is 38.7 Å². The van der Waals surface area contributed by atoms with Crippen molar-refractivity contribution in [1.29, 1.82) is 0 Å². The molecule has 0 radical (unpaired) electrons. The second kappa shape index (κ2) is 9.95. The second-order valence-electron chi connectivity index (χ2n) is 8.64. The minimum Gasteiger partial charge on any atom is -0.431 e. The Balaban J connectivity index is 0.00000259. The van der Waals surface area contributed by atoms with E-state index in [0.717, 1.165) is 59.6 Å². The average Bonchev–Trinajstić information content (AvgIpc) is 3.49. The van der Waals surface area contributed by atoms with Gasteiger partial charge in [-0.1, -0.05) is 6.07 Å². The summed E-state index contributed by atoms with van der Waals surface area (Å²) < 4.78 is 41.9. The van der Waals surface area contributed by atoms with Crippen LogP contribution in [0.25, 0.3) is 4.72 Å². The smallest absolute Gasteiger partial charge is 0.431 e. The third kappa shape index (κ3) is 4.95. The van der Waals surface area contributed by atoms with Gasteiger partial charge in [-0.05, 0) is 86.2 Å². The number of urea groups is 1. The second-order valence-corrected chi connectivity index (χ2v) is 10.1. The van der Waals surface area contributed by atoms with Crippen LogP contribution in [-0.2, 0) is 40.6 Å². The van der Waals surface area contributed by atoms with Crippen molar-refractivity contribution in [1.82, 2.24) is 4.98 Å². The van der Waals surface area contributed by atoms with Gasteiger partial charge in [-0.2, -0.15) is 4.98 Å². The molecule has 1 aromatic heterocycles. The van der Waals surface area contributed by atoms with Crippen LogP contribution in [0.5, 0.6) is 0 Å². The van der Waals surface area contributed by atoms with Crippen molar-refractivity contribution >= 4 is 27.9 Å². The molecule has 2 heterocycles. The molecule has 0 saturated carbocycles. The first-order valence-electron chi connectivity index (χ1n) is 11.2. The van der Waals surface area contributed by atoms with Crippen LogP contribution in [0.15, 0.2) is 16.7 Å². The molecule has 11 heteroatoms. The molecule has 1 saturated heterocycles. The Hall–Kier alpha value is -1.59. The Morgan fingerprint density at radius 1 is 1.12 bits per heavy atom. The number of nitrogens with zero attached hydrogens (tertiary/aromatic N) is 3. The number of carbonyl (C=O) groups excluding carboxylic acids is 1. The van der Waals surface area contributed by atoms with Crippen LogP contribution in [0.3, 0.4) is 0 Å². The number of hydrogen-bond donors (Lipinski definition) is 1. The predicted octanol–water partition coefficient (Wildman–Crippen LogP) is 0.800. The van der Waals surface area contributed by atoms with Gasteiger partial charge in [0, 0.05) is 13.2 Å². The van der Waals surface area contributed by atoms with E-state index in [-0.39, 0.29) is 35.6 Å². The number of hydrogen-bond acceptors (Lipinski definition) is 6. The van der Waals surface area contributed by atoms with E-state index in [0.29, 0.717) is 31.7 Å². The van der Waals surface area contributed by atoms with Crippen LogP contribution in [0.4, 0.5) is 16.5 Å². The van der Waals surface area contributed by atoms with Crippen molar-refractivity contribution in [2.45, 2.75) is 64.3 Å². The number of ether oxygens (including phenoxy) is 1. The van der Waals surface area contributed by atoms with Gasteiger partial charge in [0.15, 0.2) is 6.03 Å². The average molecular weight is 483 g/mol. The van der Waals surface area contributed by atoms with E-state index in [2.05, 4.69) is 21.1 Å². The SMILES string of the molecule is Cc1coc(N(C2CCOCC2)S(=O)(=O)[N-]C(=O)Nc2c3c(cc4c2CCC4)CCC3)n1.[Na+]. The number of oxazole rings is 1. The summed E-state index contributed by atoms with van der Waals surface area (Å²) in [6.45, 7) is 2.55. The van der Waals surface area contributed by atoms with E-state index in [1.54, 1.807) is 6.92 Å². The van der Waals surface area contributed by atoms with Crippen molar-refractivity contribution < 1.29 is 51.9 Å². The molecule has 172 valence electrons. The molecule has 1 fully saturated rings. The van der Waals surface area contributed by atoms with Crippen LogP contribution in [0.1, 0.15) is 53.6 Å². The molecule has 5 rings (SSSR count). The molecule has 3 aliphatic rings. The number of anilines is 2. The van der Waals surface area contributed by atoms with Crippen LogP contribution < -0.4 is 39.2 Å². The minimum atomic E-state index is -4.37. The fraction of sp³-hybridized carbons (Fsp3) is 0.545. The summed E-state index contributed by atoms with van der Waals surface area (Å²) in [4.78, 5) is 17.1. The molecule has 1 aromatic carbocycles. The topological polar surface area (TPSA) is 116 Å². The Morgan fingerprint density at radius 3 is 2.33 bits per heavy atom. The van der Waals surface area contributed by atoms with Crippen molar-refractivity contribution in [2.75, 3.05) is 22.8 Å². The molecule has 9 nitrogen and oxygen atoms in total. The zero-order valence-corrected chi connectivity index (χ0v) is 21.9. The number of carbonyl (C=O) groups is 1. The van der Waals surface area contributed by atoms with Gasteiger partial charge in [-0.3, -0.25) is 4.79 Å². The van der Waals surface area contributed by atoms with Crippen LogP contribution in [0, 0.1) is 6.92 Å². The number of amides is 2. The van der Waals surface area contributed by atoms with Gasteiger partial charge in [-0.15, -0.1) is 0 Å². The largest absolute Gasteiger partial charge is 1.00 e. The Labute approximate surface area is 216 Å².